The number of benzene rings is 2. The minimum atomic E-state index is -0.505. The molecular formula is C21H25ClN2O2S. The van der Waals surface area contributed by atoms with Crippen molar-refractivity contribution in [3.8, 4) is 0 Å². The molecule has 1 heterocycles. The quantitative estimate of drug-likeness (QED) is 0.569. The average Bonchev–Trinajstić information content (AvgIpc) is 2.66. The van der Waals surface area contributed by atoms with E-state index in [9.17, 15) is 9.90 Å². The van der Waals surface area contributed by atoms with E-state index in [1.165, 1.54) is 0 Å². The van der Waals surface area contributed by atoms with Gasteiger partial charge in [-0.15, -0.1) is 11.3 Å². The second-order valence-corrected chi connectivity index (χ2v) is 8.22. The topological polar surface area (TPSA) is 52.6 Å². The highest BCUT2D eigenvalue weighted by Gasteiger charge is 2.14. The third-order valence-corrected chi connectivity index (χ3v) is 6.41. The van der Waals surface area contributed by atoms with Crippen LogP contribution in [0, 0.1) is 6.92 Å². The molecule has 4 nitrogen and oxygen atoms in total. The zero-order valence-corrected chi connectivity index (χ0v) is 17.5. The van der Waals surface area contributed by atoms with Gasteiger partial charge in [-0.2, -0.15) is 0 Å². The molecule has 0 saturated heterocycles. The van der Waals surface area contributed by atoms with Gasteiger partial charge in [0.1, 0.15) is 0 Å². The normalized spacial score (nSPS) is 12.8. The number of halogens is 1. The summed E-state index contributed by atoms with van der Waals surface area (Å²) in [4.78, 5) is 15.3. The van der Waals surface area contributed by atoms with Crippen molar-refractivity contribution in [2.75, 3.05) is 31.5 Å². The Morgan fingerprint density at radius 1 is 1.22 bits per heavy atom. The standard InChI is InChI=1S/C21H25ClN2O2S/c1-4-24(5-2)12-15(25)11-23-17-8-6-13(3)21-19(17)20(26)16-10-14(22)7-9-18(16)27-21/h6-10,15,23,25H,4-5,11-12H2,1-3H3/t15-/m0/s1. The van der Waals surface area contributed by atoms with Gasteiger partial charge < -0.3 is 15.3 Å². The highest BCUT2D eigenvalue weighted by atomic mass is 35.5. The highest BCUT2D eigenvalue weighted by molar-refractivity contribution is 7.24. The molecule has 2 aromatic carbocycles. The van der Waals surface area contributed by atoms with Crippen LogP contribution in [0.4, 0.5) is 5.69 Å². The Labute approximate surface area is 168 Å². The van der Waals surface area contributed by atoms with Crippen molar-refractivity contribution < 1.29 is 5.11 Å². The number of aliphatic hydroxyl groups is 1. The van der Waals surface area contributed by atoms with Gasteiger partial charge in [-0.25, -0.2) is 0 Å². The van der Waals surface area contributed by atoms with Crippen LogP contribution in [-0.2, 0) is 0 Å². The van der Waals surface area contributed by atoms with Crippen molar-refractivity contribution in [1.29, 1.82) is 0 Å². The maximum atomic E-state index is 13.2. The zero-order chi connectivity index (χ0) is 19.6. The van der Waals surface area contributed by atoms with Crippen molar-refractivity contribution >= 4 is 48.8 Å². The molecule has 2 N–H and O–H groups in total. The van der Waals surface area contributed by atoms with Gasteiger partial charge >= 0.3 is 0 Å². The lowest BCUT2D eigenvalue weighted by atomic mass is 10.1. The number of hydrogen-bond acceptors (Lipinski definition) is 5. The summed E-state index contributed by atoms with van der Waals surface area (Å²) in [5.74, 6) is 0. The molecule has 0 bridgehead atoms. The first-order valence-corrected chi connectivity index (χ1v) is 10.4. The van der Waals surface area contributed by atoms with Gasteiger partial charge in [0.25, 0.3) is 0 Å². The number of aliphatic hydroxyl groups excluding tert-OH is 1. The number of rotatable bonds is 7. The number of nitrogens with one attached hydrogen (secondary N) is 1. The van der Waals surface area contributed by atoms with Crippen molar-refractivity contribution in [2.45, 2.75) is 26.9 Å². The summed E-state index contributed by atoms with van der Waals surface area (Å²) in [5.41, 5.74) is 1.81. The van der Waals surface area contributed by atoms with Crippen LogP contribution in [0.25, 0.3) is 20.2 Å². The predicted octanol–water partition coefficient (Wildman–Crippen LogP) is 4.49. The van der Waals surface area contributed by atoms with Crippen LogP contribution < -0.4 is 10.7 Å². The van der Waals surface area contributed by atoms with Gasteiger partial charge in [0.05, 0.1) is 11.5 Å². The largest absolute Gasteiger partial charge is 0.390 e. The second-order valence-electron chi connectivity index (χ2n) is 6.73. The smallest absolute Gasteiger partial charge is 0.198 e. The van der Waals surface area contributed by atoms with Gasteiger partial charge in [0, 0.05) is 38.6 Å². The Balaban J connectivity index is 1.98. The molecule has 1 aromatic heterocycles. The number of anilines is 1. The third-order valence-electron chi connectivity index (χ3n) is 4.87. The van der Waals surface area contributed by atoms with Crippen LogP contribution >= 0.6 is 22.9 Å². The number of nitrogens with zero attached hydrogens (tertiary/aromatic N) is 1. The lowest BCUT2D eigenvalue weighted by Gasteiger charge is -2.22. The second kappa shape index (κ2) is 8.57. The average molecular weight is 405 g/mol. The maximum Gasteiger partial charge on any atom is 0.198 e. The molecule has 3 aromatic rings. The molecular weight excluding hydrogens is 380 g/mol. The summed E-state index contributed by atoms with van der Waals surface area (Å²) < 4.78 is 1.90. The number of likely N-dealkylation sites (N-methyl/N-ethyl adjacent to an activating group) is 1. The van der Waals surface area contributed by atoms with Crippen LogP contribution in [0.15, 0.2) is 35.1 Å². The molecule has 0 aliphatic carbocycles. The van der Waals surface area contributed by atoms with Crippen molar-refractivity contribution in [1.82, 2.24) is 4.90 Å². The molecule has 0 radical (unpaired) electrons. The molecule has 0 spiro atoms. The lowest BCUT2D eigenvalue weighted by molar-refractivity contribution is 0.128. The molecule has 144 valence electrons. The fourth-order valence-corrected chi connectivity index (χ4v) is 4.60. The first kappa shape index (κ1) is 20.1. The Kier molecular flexibility index (Phi) is 6.37. The van der Waals surface area contributed by atoms with Gasteiger partial charge in [0.15, 0.2) is 5.43 Å². The molecule has 27 heavy (non-hydrogen) atoms. The summed E-state index contributed by atoms with van der Waals surface area (Å²) >= 11 is 7.70. The third kappa shape index (κ3) is 4.27. The number of aryl methyl sites for hydroxylation is 1. The lowest BCUT2D eigenvalue weighted by Crippen LogP contribution is -2.36. The first-order chi connectivity index (χ1) is 12.9. The molecule has 0 aliphatic rings. The summed E-state index contributed by atoms with van der Waals surface area (Å²) in [6.45, 7) is 8.98. The van der Waals surface area contributed by atoms with Crippen LogP contribution in [-0.4, -0.2) is 42.3 Å². The molecule has 0 fully saturated rings. The molecule has 0 amide bonds. The van der Waals surface area contributed by atoms with E-state index in [0.717, 1.165) is 33.7 Å². The highest BCUT2D eigenvalue weighted by Crippen LogP contribution is 2.32. The Hall–Kier alpha value is -1.66. The van der Waals surface area contributed by atoms with Crippen molar-refractivity contribution in [3.63, 3.8) is 0 Å². The van der Waals surface area contributed by atoms with E-state index >= 15 is 0 Å². The fraction of sp³-hybridized carbons (Fsp3) is 0.381. The minimum absolute atomic E-state index is 0.0225. The van der Waals surface area contributed by atoms with Crippen LogP contribution in [0.1, 0.15) is 19.4 Å². The molecule has 1 atom stereocenters. The van der Waals surface area contributed by atoms with Gasteiger partial charge in [-0.1, -0.05) is 31.5 Å². The Bertz CT molecular complexity index is 1010. The van der Waals surface area contributed by atoms with E-state index in [0.29, 0.717) is 28.9 Å². The molecule has 6 heteroatoms. The van der Waals surface area contributed by atoms with Gasteiger partial charge in [0.2, 0.25) is 0 Å². The summed E-state index contributed by atoms with van der Waals surface area (Å²) in [6.07, 6.45) is -0.505. The van der Waals surface area contributed by atoms with Gasteiger partial charge in [-0.05, 0) is 49.8 Å². The first-order valence-electron chi connectivity index (χ1n) is 9.24. The minimum Gasteiger partial charge on any atom is -0.390 e. The Morgan fingerprint density at radius 3 is 2.67 bits per heavy atom. The van der Waals surface area contributed by atoms with E-state index in [-0.39, 0.29) is 5.43 Å². The summed E-state index contributed by atoms with van der Waals surface area (Å²) in [5, 5.41) is 15.5. The van der Waals surface area contributed by atoms with E-state index < -0.39 is 6.10 Å². The van der Waals surface area contributed by atoms with E-state index in [2.05, 4.69) is 24.1 Å². The Morgan fingerprint density at radius 2 is 1.96 bits per heavy atom. The van der Waals surface area contributed by atoms with Crippen LogP contribution in [0.3, 0.4) is 0 Å². The predicted molar refractivity (Wildman–Crippen MR) is 118 cm³/mol. The molecule has 0 aliphatic heterocycles. The van der Waals surface area contributed by atoms with E-state index in [1.807, 2.05) is 31.2 Å². The van der Waals surface area contributed by atoms with Crippen molar-refractivity contribution in [2.24, 2.45) is 0 Å². The van der Waals surface area contributed by atoms with Crippen LogP contribution in [0.2, 0.25) is 5.02 Å². The number of fused-ring (bicyclic) bond motifs is 2. The number of hydrogen-bond donors (Lipinski definition) is 2. The fourth-order valence-electron chi connectivity index (χ4n) is 3.28. The zero-order valence-electron chi connectivity index (χ0n) is 15.9. The molecule has 0 saturated carbocycles. The van der Waals surface area contributed by atoms with Gasteiger partial charge in [-0.3, -0.25) is 4.79 Å². The van der Waals surface area contributed by atoms with E-state index in [1.54, 1.807) is 17.4 Å². The van der Waals surface area contributed by atoms with E-state index in [4.69, 9.17) is 11.6 Å². The molecule has 0 unspecified atom stereocenters. The van der Waals surface area contributed by atoms with Crippen LogP contribution in [0.5, 0.6) is 0 Å². The summed E-state index contributed by atoms with van der Waals surface area (Å²) in [6, 6.07) is 9.38. The maximum absolute atomic E-state index is 13.2. The summed E-state index contributed by atoms with van der Waals surface area (Å²) in [7, 11) is 0. The van der Waals surface area contributed by atoms with Crippen molar-refractivity contribution in [3.05, 3.63) is 51.1 Å². The molecule has 3 rings (SSSR count). The monoisotopic (exact) mass is 404 g/mol. The SMILES string of the molecule is CCN(CC)C[C@@H](O)CNc1ccc(C)c2sc3ccc(Cl)cc3c(=O)c12.